The fourth-order valence-electron chi connectivity index (χ4n) is 1.12. The Bertz CT molecular complexity index is 131. The molecule has 0 aliphatic rings. The van der Waals surface area contributed by atoms with Gasteiger partial charge in [-0.25, -0.2) is 10.2 Å². The van der Waals surface area contributed by atoms with Gasteiger partial charge < -0.3 is 4.74 Å². The van der Waals surface area contributed by atoms with Crippen molar-refractivity contribution >= 4 is 6.08 Å². The second-order valence-corrected chi connectivity index (χ2v) is 3.15. The zero-order valence-electron chi connectivity index (χ0n) is 9.64. The standard InChI is InChI=1S/C10H22O.CHNO/c1-4-7-9-11-10(6-3)8-5-2;2-1-3/h10H,4-9H2,1-3H3;2H. The van der Waals surface area contributed by atoms with E-state index in [0.29, 0.717) is 6.10 Å². The van der Waals surface area contributed by atoms with Crippen LogP contribution < -0.4 is 0 Å². The van der Waals surface area contributed by atoms with Crippen LogP contribution in [0.25, 0.3) is 0 Å². The predicted molar refractivity (Wildman–Crippen MR) is 58.3 cm³/mol. The molecule has 0 radical (unpaired) electrons. The molecule has 0 fully saturated rings. The molecule has 14 heavy (non-hydrogen) atoms. The van der Waals surface area contributed by atoms with Crippen LogP contribution in [0.4, 0.5) is 0 Å². The topological polar surface area (TPSA) is 50.1 Å². The highest BCUT2D eigenvalue weighted by Gasteiger charge is 2.03. The maximum Gasteiger partial charge on any atom is 0.231 e. The van der Waals surface area contributed by atoms with Crippen molar-refractivity contribution in [2.75, 3.05) is 6.61 Å². The average Bonchev–Trinajstić information content (AvgIpc) is 2.18. The largest absolute Gasteiger partial charge is 0.378 e. The molecule has 0 aromatic carbocycles. The molecule has 0 bridgehead atoms. The summed E-state index contributed by atoms with van der Waals surface area (Å²) >= 11 is 0. The number of nitrogens with one attached hydrogen (secondary N) is 1. The molecule has 0 spiro atoms. The van der Waals surface area contributed by atoms with Gasteiger partial charge in [0.15, 0.2) is 0 Å². The molecule has 0 aliphatic heterocycles. The number of isocyanates is 1. The molecule has 3 nitrogen and oxygen atoms in total. The SMILES string of the molecule is CCCCOC(CC)CCC.N=C=O. The van der Waals surface area contributed by atoms with Gasteiger partial charge >= 0.3 is 0 Å². The van der Waals surface area contributed by atoms with Crippen LogP contribution in [-0.4, -0.2) is 18.8 Å². The lowest BCUT2D eigenvalue weighted by Crippen LogP contribution is -2.11. The van der Waals surface area contributed by atoms with E-state index in [4.69, 9.17) is 14.9 Å². The monoisotopic (exact) mass is 201 g/mol. The van der Waals surface area contributed by atoms with E-state index in [1.165, 1.54) is 25.7 Å². The van der Waals surface area contributed by atoms with Gasteiger partial charge in [0.05, 0.1) is 6.10 Å². The second-order valence-electron chi connectivity index (χ2n) is 3.15. The van der Waals surface area contributed by atoms with Crippen molar-refractivity contribution in [3.63, 3.8) is 0 Å². The quantitative estimate of drug-likeness (QED) is 0.390. The van der Waals surface area contributed by atoms with Crippen LogP contribution in [0.15, 0.2) is 0 Å². The Morgan fingerprint density at radius 2 is 1.86 bits per heavy atom. The fourth-order valence-corrected chi connectivity index (χ4v) is 1.12. The summed E-state index contributed by atoms with van der Waals surface area (Å²) in [5.41, 5.74) is 0. The molecule has 0 aromatic rings. The number of rotatable bonds is 7. The Morgan fingerprint density at radius 1 is 1.29 bits per heavy atom. The molecule has 84 valence electrons. The van der Waals surface area contributed by atoms with E-state index in [9.17, 15) is 0 Å². The third-order valence-corrected chi connectivity index (χ3v) is 1.92. The van der Waals surface area contributed by atoms with E-state index >= 15 is 0 Å². The van der Waals surface area contributed by atoms with Crippen molar-refractivity contribution in [3.8, 4) is 0 Å². The van der Waals surface area contributed by atoms with E-state index in [0.717, 1.165) is 19.1 Å². The summed E-state index contributed by atoms with van der Waals surface area (Å²) < 4.78 is 5.67. The van der Waals surface area contributed by atoms with Crippen molar-refractivity contribution in [2.45, 2.75) is 59.0 Å². The first kappa shape index (κ1) is 15.8. The smallest absolute Gasteiger partial charge is 0.231 e. The fraction of sp³-hybridized carbons (Fsp3) is 0.909. The highest BCUT2D eigenvalue weighted by molar-refractivity contribution is 5.26. The zero-order valence-corrected chi connectivity index (χ0v) is 9.64. The van der Waals surface area contributed by atoms with Crippen LogP contribution in [0, 0.1) is 5.41 Å². The van der Waals surface area contributed by atoms with Crippen LogP contribution >= 0.6 is 0 Å². The molecule has 1 atom stereocenters. The highest BCUT2D eigenvalue weighted by Crippen LogP contribution is 2.06. The average molecular weight is 201 g/mol. The van der Waals surface area contributed by atoms with Crippen molar-refractivity contribution in [1.82, 2.24) is 0 Å². The molecular weight excluding hydrogens is 178 g/mol. The van der Waals surface area contributed by atoms with E-state index in [1.54, 1.807) is 0 Å². The lowest BCUT2D eigenvalue weighted by molar-refractivity contribution is 0.0427. The maximum absolute atomic E-state index is 8.35. The molecule has 0 saturated carbocycles. The zero-order chi connectivity index (χ0) is 11.2. The Labute approximate surface area is 87.4 Å². The predicted octanol–water partition coefficient (Wildman–Crippen LogP) is 3.28. The second kappa shape index (κ2) is 14.8. The maximum atomic E-state index is 8.35. The molecule has 3 heteroatoms. The van der Waals surface area contributed by atoms with Gasteiger partial charge in [-0.1, -0.05) is 33.6 Å². The lowest BCUT2D eigenvalue weighted by Gasteiger charge is -2.14. The van der Waals surface area contributed by atoms with Crippen molar-refractivity contribution < 1.29 is 9.53 Å². The summed E-state index contributed by atoms with van der Waals surface area (Å²) in [5, 5.41) is 5.40. The van der Waals surface area contributed by atoms with Gasteiger partial charge in [0.1, 0.15) is 0 Å². The molecule has 0 heterocycles. The van der Waals surface area contributed by atoms with Gasteiger partial charge in [0.25, 0.3) is 0 Å². The van der Waals surface area contributed by atoms with Gasteiger partial charge in [-0.2, -0.15) is 0 Å². The highest BCUT2D eigenvalue weighted by atomic mass is 16.5. The van der Waals surface area contributed by atoms with Gasteiger partial charge in [0, 0.05) is 6.61 Å². The number of ether oxygens (including phenoxy) is 1. The van der Waals surface area contributed by atoms with Gasteiger partial charge in [-0.3, -0.25) is 0 Å². The number of hydrogen-bond acceptors (Lipinski definition) is 3. The third-order valence-electron chi connectivity index (χ3n) is 1.92. The van der Waals surface area contributed by atoms with Crippen LogP contribution in [0.1, 0.15) is 52.9 Å². The summed E-state index contributed by atoms with van der Waals surface area (Å²) in [6.45, 7) is 7.57. The normalized spacial score (nSPS) is 11.1. The first-order valence-corrected chi connectivity index (χ1v) is 5.42. The molecule has 0 amide bonds. The van der Waals surface area contributed by atoms with Crippen LogP contribution in [-0.2, 0) is 9.53 Å². The number of carbonyl (C=O) groups excluding carboxylic acids is 1. The Balaban J connectivity index is 0. The van der Waals surface area contributed by atoms with Gasteiger partial charge in [-0.15, -0.1) is 0 Å². The van der Waals surface area contributed by atoms with E-state index < -0.39 is 0 Å². The van der Waals surface area contributed by atoms with Gasteiger partial charge in [-0.05, 0) is 19.3 Å². The Morgan fingerprint density at radius 3 is 2.21 bits per heavy atom. The van der Waals surface area contributed by atoms with Crippen LogP contribution in [0.3, 0.4) is 0 Å². The minimum absolute atomic E-state index is 0.520. The van der Waals surface area contributed by atoms with Gasteiger partial charge in [0.2, 0.25) is 6.08 Å². The van der Waals surface area contributed by atoms with E-state index in [-0.39, 0.29) is 0 Å². The van der Waals surface area contributed by atoms with Crippen LogP contribution in [0.2, 0.25) is 0 Å². The van der Waals surface area contributed by atoms with Crippen molar-refractivity contribution in [1.29, 1.82) is 5.41 Å². The minimum atomic E-state index is 0.520. The van der Waals surface area contributed by atoms with Crippen molar-refractivity contribution in [3.05, 3.63) is 0 Å². The minimum Gasteiger partial charge on any atom is -0.378 e. The van der Waals surface area contributed by atoms with E-state index in [1.807, 2.05) is 0 Å². The summed E-state index contributed by atoms with van der Waals surface area (Å²) in [4.78, 5) is 8.35. The summed E-state index contributed by atoms with van der Waals surface area (Å²) in [5.74, 6) is 0. The summed E-state index contributed by atoms with van der Waals surface area (Å²) in [6.07, 6.45) is 7.34. The molecule has 0 saturated heterocycles. The molecule has 1 N–H and O–H groups in total. The first-order valence-electron chi connectivity index (χ1n) is 5.42. The lowest BCUT2D eigenvalue weighted by atomic mass is 10.1. The number of unbranched alkanes of at least 4 members (excludes halogenated alkanes) is 1. The molecule has 1 unspecified atom stereocenters. The Hall–Kier alpha value is -0.660. The van der Waals surface area contributed by atoms with Crippen molar-refractivity contribution in [2.24, 2.45) is 0 Å². The van der Waals surface area contributed by atoms with Crippen LogP contribution in [0.5, 0.6) is 0 Å². The number of hydrogen-bond donors (Lipinski definition) is 1. The summed E-state index contributed by atoms with van der Waals surface area (Å²) in [6, 6.07) is 0. The molecular formula is C11H23NO2. The molecule has 0 aliphatic carbocycles. The van der Waals surface area contributed by atoms with E-state index in [2.05, 4.69) is 20.8 Å². The molecule has 0 rings (SSSR count). The first-order chi connectivity index (χ1) is 6.76. The summed E-state index contributed by atoms with van der Waals surface area (Å²) in [7, 11) is 0. The third kappa shape index (κ3) is 13.9. The Kier molecular flexibility index (Phi) is 16.7. The molecule has 0 aromatic heterocycles.